The molecule has 0 rings (SSSR count). The molecule has 0 spiro atoms. The number of nitrogens with zero attached hydrogens (tertiary/aromatic N) is 1. The van der Waals surface area contributed by atoms with E-state index < -0.39 is 10.1 Å². The first-order chi connectivity index (χ1) is 8.16. The fourth-order valence-corrected chi connectivity index (χ4v) is 2.22. The van der Waals surface area contributed by atoms with E-state index in [4.69, 9.17) is 4.55 Å². The zero-order chi connectivity index (χ0) is 14.2. The van der Waals surface area contributed by atoms with Crippen molar-refractivity contribution < 1.29 is 22.2 Å². The molecule has 0 amide bonds. The Hall–Kier alpha value is -0.720. The molecular formula is C12H24NO4S+. The van der Waals surface area contributed by atoms with Gasteiger partial charge in [-0.25, -0.2) is 0 Å². The van der Waals surface area contributed by atoms with E-state index in [-0.39, 0.29) is 11.5 Å². The number of quaternary nitrogens is 1. The fraction of sp³-hybridized carbons (Fsp3) is 0.750. The minimum Gasteiger partial charge on any atom is -0.328 e. The minimum absolute atomic E-state index is 0.0617. The summed E-state index contributed by atoms with van der Waals surface area (Å²) in [5.74, 6) is -0.129. The van der Waals surface area contributed by atoms with E-state index in [9.17, 15) is 13.2 Å². The predicted molar refractivity (Wildman–Crippen MR) is 71.9 cm³/mol. The van der Waals surface area contributed by atoms with Crippen LogP contribution < -0.4 is 0 Å². The topological polar surface area (TPSA) is 71.4 Å². The zero-order valence-electron chi connectivity index (χ0n) is 11.3. The second-order valence-electron chi connectivity index (χ2n) is 5.15. The largest absolute Gasteiger partial charge is 0.328 e. The third kappa shape index (κ3) is 10.4. The first kappa shape index (κ1) is 17.3. The first-order valence-electron chi connectivity index (χ1n) is 6.09. The quantitative estimate of drug-likeness (QED) is 0.283. The summed E-state index contributed by atoms with van der Waals surface area (Å²) in [5, 5.41) is 0. The van der Waals surface area contributed by atoms with Crippen LogP contribution in [-0.2, 0) is 14.9 Å². The first-order valence-corrected chi connectivity index (χ1v) is 7.70. The fourth-order valence-electron chi connectivity index (χ4n) is 1.73. The van der Waals surface area contributed by atoms with Crippen molar-refractivity contribution in [2.45, 2.75) is 25.7 Å². The molecule has 0 aromatic heterocycles. The molecule has 0 heterocycles. The van der Waals surface area contributed by atoms with Crippen molar-refractivity contribution in [1.82, 2.24) is 0 Å². The van der Waals surface area contributed by atoms with Gasteiger partial charge in [-0.1, -0.05) is 6.58 Å². The minimum atomic E-state index is -3.85. The summed E-state index contributed by atoms with van der Waals surface area (Å²) in [6.45, 7) is 4.99. The van der Waals surface area contributed by atoms with Crippen LogP contribution in [0.15, 0.2) is 12.7 Å². The van der Waals surface area contributed by atoms with Crippen molar-refractivity contribution in [2.24, 2.45) is 0 Å². The van der Waals surface area contributed by atoms with Gasteiger partial charge in [0.15, 0.2) is 5.78 Å². The average molecular weight is 278 g/mol. The molecule has 0 aromatic rings. The number of carbonyl (C=O) groups excluding carboxylic acids is 1. The highest BCUT2D eigenvalue weighted by Gasteiger charge is 2.16. The number of carbonyl (C=O) groups is 1. The lowest BCUT2D eigenvalue weighted by atomic mass is 10.1. The van der Waals surface area contributed by atoms with Crippen LogP contribution in [0.5, 0.6) is 0 Å². The highest BCUT2D eigenvalue weighted by molar-refractivity contribution is 7.85. The number of hydrogen-bond donors (Lipinski definition) is 1. The highest BCUT2D eigenvalue weighted by Crippen LogP contribution is 2.06. The van der Waals surface area contributed by atoms with Gasteiger partial charge in [0, 0.05) is 12.8 Å². The monoisotopic (exact) mass is 278 g/mol. The summed E-state index contributed by atoms with van der Waals surface area (Å²) in [4.78, 5) is 11.0. The molecule has 0 aliphatic carbocycles. The third-order valence-corrected chi connectivity index (χ3v) is 3.63. The SMILES string of the molecule is C=CC(=O)CCCC[N+](C)(C)CCCS(=O)(=O)O. The van der Waals surface area contributed by atoms with Crippen LogP contribution in [0.4, 0.5) is 0 Å². The second kappa shape index (κ2) is 7.66. The van der Waals surface area contributed by atoms with Crippen LogP contribution in [0, 0.1) is 0 Å². The van der Waals surface area contributed by atoms with E-state index in [1.807, 2.05) is 14.1 Å². The molecular weight excluding hydrogens is 254 g/mol. The molecule has 1 N–H and O–H groups in total. The molecule has 0 aliphatic heterocycles. The number of rotatable bonds is 10. The Morgan fingerprint density at radius 3 is 2.28 bits per heavy atom. The molecule has 5 nitrogen and oxygen atoms in total. The Bertz CT molecular complexity index is 374. The smallest absolute Gasteiger partial charge is 0.265 e. The maximum absolute atomic E-state index is 11.0. The van der Waals surface area contributed by atoms with Crippen molar-refractivity contribution in [1.29, 1.82) is 0 Å². The van der Waals surface area contributed by atoms with Crippen LogP contribution in [0.3, 0.4) is 0 Å². The van der Waals surface area contributed by atoms with Gasteiger partial charge in [-0.05, 0) is 18.9 Å². The molecule has 0 aromatic carbocycles. The molecule has 0 saturated carbocycles. The maximum atomic E-state index is 11.0. The van der Waals surface area contributed by atoms with Crippen molar-refractivity contribution in [3.63, 3.8) is 0 Å². The van der Waals surface area contributed by atoms with Gasteiger partial charge in [-0.2, -0.15) is 8.42 Å². The number of hydrogen-bond acceptors (Lipinski definition) is 3. The van der Waals surface area contributed by atoms with Gasteiger partial charge in [-0.15, -0.1) is 0 Å². The van der Waals surface area contributed by atoms with E-state index in [0.717, 1.165) is 19.4 Å². The Morgan fingerprint density at radius 2 is 1.78 bits per heavy atom. The Kier molecular flexibility index (Phi) is 7.35. The Balaban J connectivity index is 3.80. The second-order valence-corrected chi connectivity index (χ2v) is 6.72. The summed E-state index contributed by atoms with van der Waals surface area (Å²) in [6.07, 6.45) is 4.04. The number of ketones is 1. The third-order valence-electron chi connectivity index (χ3n) is 2.83. The van der Waals surface area contributed by atoms with Crippen molar-refractivity contribution in [3.8, 4) is 0 Å². The van der Waals surface area contributed by atoms with Crippen LogP contribution in [0.1, 0.15) is 25.7 Å². The average Bonchev–Trinajstić information content (AvgIpc) is 2.21. The Labute approximate surface area is 110 Å². The summed E-state index contributed by atoms with van der Waals surface area (Å²) in [6, 6.07) is 0. The molecule has 0 unspecified atom stereocenters. The van der Waals surface area contributed by atoms with Crippen molar-refractivity contribution in [2.75, 3.05) is 32.9 Å². The molecule has 18 heavy (non-hydrogen) atoms. The molecule has 0 atom stereocenters. The molecule has 0 bridgehead atoms. The number of unbranched alkanes of at least 4 members (excludes halogenated alkanes) is 1. The van der Waals surface area contributed by atoms with Gasteiger partial charge in [0.05, 0.1) is 32.9 Å². The lowest BCUT2D eigenvalue weighted by molar-refractivity contribution is -0.890. The van der Waals surface area contributed by atoms with Gasteiger partial charge in [0.1, 0.15) is 0 Å². The van der Waals surface area contributed by atoms with Gasteiger partial charge in [-0.3, -0.25) is 9.35 Å². The summed E-state index contributed by atoms with van der Waals surface area (Å²) >= 11 is 0. The van der Waals surface area contributed by atoms with E-state index in [0.29, 0.717) is 23.9 Å². The normalized spacial score (nSPS) is 12.4. The van der Waals surface area contributed by atoms with Crippen LogP contribution in [0.25, 0.3) is 0 Å². The molecule has 0 radical (unpaired) electrons. The summed E-state index contributed by atoms with van der Waals surface area (Å²) in [7, 11) is 0.174. The zero-order valence-corrected chi connectivity index (χ0v) is 12.1. The molecule has 0 fully saturated rings. The lowest BCUT2D eigenvalue weighted by Crippen LogP contribution is -2.41. The summed E-state index contributed by atoms with van der Waals surface area (Å²) < 4.78 is 30.5. The standard InChI is InChI=1S/C12H23NO4S/c1-4-12(14)8-5-6-9-13(2,3)10-7-11-18(15,16)17/h4H,1,5-11H2,2-3H3/p+1. The van der Waals surface area contributed by atoms with Gasteiger partial charge in [0.2, 0.25) is 0 Å². The van der Waals surface area contributed by atoms with E-state index in [2.05, 4.69) is 6.58 Å². The Morgan fingerprint density at radius 1 is 1.22 bits per heavy atom. The predicted octanol–water partition coefficient (Wildman–Crippen LogP) is 1.27. The number of allylic oxidation sites excluding steroid dienone is 1. The van der Waals surface area contributed by atoms with Gasteiger partial charge < -0.3 is 4.48 Å². The highest BCUT2D eigenvalue weighted by atomic mass is 32.2. The maximum Gasteiger partial charge on any atom is 0.265 e. The van der Waals surface area contributed by atoms with Crippen LogP contribution in [-0.4, -0.2) is 56.2 Å². The molecule has 0 saturated heterocycles. The molecule has 106 valence electrons. The van der Waals surface area contributed by atoms with E-state index in [1.54, 1.807) is 0 Å². The van der Waals surface area contributed by atoms with Crippen LogP contribution in [0.2, 0.25) is 0 Å². The van der Waals surface area contributed by atoms with Crippen molar-refractivity contribution in [3.05, 3.63) is 12.7 Å². The van der Waals surface area contributed by atoms with E-state index >= 15 is 0 Å². The van der Waals surface area contributed by atoms with Gasteiger partial charge in [0.25, 0.3) is 10.1 Å². The molecule has 0 aliphatic rings. The lowest BCUT2D eigenvalue weighted by Gasteiger charge is -2.29. The molecule has 6 heteroatoms. The van der Waals surface area contributed by atoms with Gasteiger partial charge >= 0.3 is 0 Å². The van der Waals surface area contributed by atoms with Crippen molar-refractivity contribution >= 4 is 15.9 Å². The summed E-state index contributed by atoms with van der Waals surface area (Å²) in [5.41, 5.74) is 0. The van der Waals surface area contributed by atoms with E-state index in [1.165, 1.54) is 6.08 Å². The van der Waals surface area contributed by atoms with Crippen LogP contribution >= 0.6 is 0 Å².